The zero-order chi connectivity index (χ0) is 11.5. The minimum absolute atomic E-state index is 0.443. The molecular weight excluding hydrogens is 214 g/mol. The normalized spacial score (nSPS) is 24.7. The average molecular weight is 235 g/mol. The molecule has 0 bridgehead atoms. The van der Waals surface area contributed by atoms with E-state index in [0.717, 1.165) is 25.9 Å². The lowest BCUT2D eigenvalue weighted by Crippen LogP contribution is -2.42. The number of nitrogens with one attached hydrogen (secondary N) is 1. The maximum Gasteiger partial charge on any atom is 0.278 e. The van der Waals surface area contributed by atoms with Crippen LogP contribution in [0.25, 0.3) is 0 Å². The van der Waals surface area contributed by atoms with Gasteiger partial charge >= 0.3 is 0 Å². The summed E-state index contributed by atoms with van der Waals surface area (Å²) in [5.74, 6) is 0.443. The van der Waals surface area contributed by atoms with E-state index in [-0.39, 0.29) is 0 Å². The molecule has 0 spiro atoms. The molecule has 0 radical (unpaired) electrons. The first-order valence-electron chi connectivity index (χ1n) is 5.27. The topological polar surface area (TPSA) is 52.7 Å². The third kappa shape index (κ3) is 4.06. The average Bonchev–Trinajstić information content (AvgIpc) is 2.15. The van der Waals surface area contributed by atoms with Crippen LogP contribution in [0.3, 0.4) is 0 Å². The lowest BCUT2D eigenvalue weighted by atomic mass is 9.99. The fourth-order valence-electron chi connectivity index (χ4n) is 1.79. The molecule has 1 N–H and O–H groups in total. The van der Waals surface area contributed by atoms with Crippen molar-refractivity contribution in [1.29, 1.82) is 0 Å². The van der Waals surface area contributed by atoms with Crippen molar-refractivity contribution in [3.63, 3.8) is 0 Å². The van der Waals surface area contributed by atoms with Crippen molar-refractivity contribution in [3.05, 3.63) is 0 Å². The first kappa shape index (κ1) is 12.9. The van der Waals surface area contributed by atoms with E-state index < -0.39 is 10.2 Å². The van der Waals surface area contributed by atoms with Gasteiger partial charge in [0.1, 0.15) is 0 Å². The summed E-state index contributed by atoms with van der Waals surface area (Å²) in [5, 5.41) is 0. The van der Waals surface area contributed by atoms with Gasteiger partial charge in [-0.15, -0.1) is 0 Å². The molecule has 1 saturated heterocycles. The van der Waals surface area contributed by atoms with Gasteiger partial charge in [-0.3, -0.25) is 0 Å². The molecule has 1 aliphatic heterocycles. The Bertz CT molecular complexity index is 290. The van der Waals surface area contributed by atoms with Crippen LogP contribution in [-0.2, 0) is 10.2 Å². The van der Waals surface area contributed by atoms with Crippen LogP contribution < -0.4 is 4.72 Å². The van der Waals surface area contributed by atoms with Crippen LogP contribution in [0.4, 0.5) is 0 Å². The summed E-state index contributed by atoms with van der Waals surface area (Å²) in [7, 11) is 1.90. The van der Waals surface area contributed by atoms with E-state index in [1.165, 1.54) is 18.4 Å². The molecule has 1 unspecified atom stereocenters. The lowest BCUT2D eigenvalue weighted by molar-refractivity contribution is 0.211. The number of rotatable bonds is 4. The summed E-state index contributed by atoms with van der Waals surface area (Å²) in [5.41, 5.74) is 0. The van der Waals surface area contributed by atoms with Crippen molar-refractivity contribution in [2.45, 2.75) is 12.8 Å². The van der Waals surface area contributed by atoms with E-state index in [0.29, 0.717) is 12.5 Å². The highest BCUT2D eigenvalue weighted by atomic mass is 32.2. The molecular formula is C9H21N3O2S. The Morgan fingerprint density at radius 2 is 2.13 bits per heavy atom. The zero-order valence-electron chi connectivity index (χ0n) is 9.73. The monoisotopic (exact) mass is 235 g/mol. The van der Waals surface area contributed by atoms with Gasteiger partial charge in [-0.05, 0) is 32.4 Å². The van der Waals surface area contributed by atoms with Crippen molar-refractivity contribution >= 4 is 10.2 Å². The largest absolute Gasteiger partial charge is 0.306 e. The van der Waals surface area contributed by atoms with Crippen LogP contribution >= 0.6 is 0 Å². The maximum absolute atomic E-state index is 11.5. The molecule has 0 amide bonds. The SMILES string of the molecule is CN1CCCC(CNS(=O)(=O)N(C)C)C1. The predicted octanol–water partition coefficient (Wildman–Crippen LogP) is -0.276. The number of hydrogen-bond acceptors (Lipinski definition) is 3. The Morgan fingerprint density at radius 1 is 1.47 bits per heavy atom. The molecule has 6 heteroatoms. The first-order chi connectivity index (χ1) is 6.92. The Hall–Kier alpha value is -0.170. The van der Waals surface area contributed by atoms with Gasteiger partial charge in [0.05, 0.1) is 0 Å². The molecule has 1 atom stereocenters. The van der Waals surface area contributed by atoms with E-state index in [4.69, 9.17) is 0 Å². The fraction of sp³-hybridized carbons (Fsp3) is 1.00. The van der Waals surface area contributed by atoms with Gasteiger partial charge < -0.3 is 4.90 Å². The van der Waals surface area contributed by atoms with Gasteiger partial charge in [0.2, 0.25) is 0 Å². The Kier molecular flexibility index (Phi) is 4.51. The molecule has 0 aromatic heterocycles. The van der Waals surface area contributed by atoms with Crippen molar-refractivity contribution < 1.29 is 8.42 Å². The second-order valence-corrected chi connectivity index (χ2v) is 6.38. The van der Waals surface area contributed by atoms with Crippen LogP contribution in [0.5, 0.6) is 0 Å². The molecule has 0 aromatic rings. The number of nitrogens with zero attached hydrogens (tertiary/aromatic N) is 2. The molecule has 5 nitrogen and oxygen atoms in total. The van der Waals surface area contributed by atoms with Crippen molar-refractivity contribution in [1.82, 2.24) is 13.9 Å². The second-order valence-electron chi connectivity index (χ2n) is 4.41. The van der Waals surface area contributed by atoms with E-state index >= 15 is 0 Å². The van der Waals surface area contributed by atoms with Crippen molar-refractivity contribution in [2.24, 2.45) is 5.92 Å². The highest BCUT2D eigenvalue weighted by molar-refractivity contribution is 7.87. The van der Waals surface area contributed by atoms with Gasteiger partial charge in [-0.2, -0.15) is 12.7 Å². The van der Waals surface area contributed by atoms with Crippen LogP contribution in [0.2, 0.25) is 0 Å². The molecule has 1 aliphatic rings. The first-order valence-corrected chi connectivity index (χ1v) is 6.71. The minimum Gasteiger partial charge on any atom is -0.306 e. The van der Waals surface area contributed by atoms with Crippen molar-refractivity contribution in [2.75, 3.05) is 40.8 Å². The number of hydrogen-bond donors (Lipinski definition) is 1. The molecule has 1 rings (SSSR count). The minimum atomic E-state index is -3.25. The molecule has 1 fully saturated rings. The van der Waals surface area contributed by atoms with Gasteiger partial charge in [0.25, 0.3) is 10.2 Å². The Labute approximate surface area is 92.6 Å². The van der Waals surface area contributed by atoms with Crippen LogP contribution in [0.15, 0.2) is 0 Å². The highest BCUT2D eigenvalue weighted by Crippen LogP contribution is 2.14. The van der Waals surface area contributed by atoms with E-state index in [2.05, 4.69) is 16.7 Å². The quantitative estimate of drug-likeness (QED) is 0.729. The lowest BCUT2D eigenvalue weighted by Gasteiger charge is -2.29. The summed E-state index contributed by atoms with van der Waals surface area (Å²) < 4.78 is 26.7. The van der Waals surface area contributed by atoms with Gasteiger partial charge in [0, 0.05) is 27.2 Å². The van der Waals surface area contributed by atoms with Gasteiger partial charge in [0.15, 0.2) is 0 Å². The summed E-state index contributed by atoms with van der Waals surface area (Å²) >= 11 is 0. The van der Waals surface area contributed by atoms with Crippen LogP contribution in [-0.4, -0.2) is 58.4 Å². The van der Waals surface area contributed by atoms with Gasteiger partial charge in [-0.25, -0.2) is 4.72 Å². The summed E-state index contributed by atoms with van der Waals surface area (Å²) in [4.78, 5) is 2.25. The van der Waals surface area contributed by atoms with Gasteiger partial charge in [-0.1, -0.05) is 0 Å². The summed E-state index contributed by atoms with van der Waals surface area (Å²) in [6.45, 7) is 2.65. The molecule has 15 heavy (non-hydrogen) atoms. The number of likely N-dealkylation sites (tertiary alicyclic amines) is 1. The standard InChI is InChI=1S/C9H21N3O2S/c1-11(2)15(13,14)10-7-9-5-4-6-12(3)8-9/h9-10H,4-8H2,1-3H3. The van der Waals surface area contributed by atoms with E-state index in [9.17, 15) is 8.42 Å². The van der Waals surface area contributed by atoms with Crippen molar-refractivity contribution in [3.8, 4) is 0 Å². The summed E-state index contributed by atoms with van der Waals surface area (Å²) in [6, 6.07) is 0. The van der Waals surface area contributed by atoms with E-state index in [1.807, 2.05) is 0 Å². The zero-order valence-corrected chi connectivity index (χ0v) is 10.5. The molecule has 0 saturated carbocycles. The molecule has 90 valence electrons. The molecule has 1 heterocycles. The van der Waals surface area contributed by atoms with Crippen LogP contribution in [0.1, 0.15) is 12.8 Å². The highest BCUT2D eigenvalue weighted by Gasteiger charge is 2.20. The predicted molar refractivity (Wildman–Crippen MR) is 60.8 cm³/mol. The molecule has 0 aromatic carbocycles. The van der Waals surface area contributed by atoms with E-state index in [1.54, 1.807) is 0 Å². The fourth-order valence-corrected chi connectivity index (χ4v) is 2.50. The third-order valence-corrected chi connectivity index (χ3v) is 4.25. The smallest absolute Gasteiger partial charge is 0.278 e. The molecule has 0 aliphatic carbocycles. The Morgan fingerprint density at radius 3 is 2.67 bits per heavy atom. The Balaban J connectivity index is 2.37. The maximum atomic E-state index is 11.5. The van der Waals surface area contributed by atoms with Crippen LogP contribution in [0, 0.1) is 5.92 Å². The summed E-state index contributed by atoms with van der Waals surface area (Å²) in [6.07, 6.45) is 2.27. The number of piperidine rings is 1. The second kappa shape index (κ2) is 5.25. The third-order valence-electron chi connectivity index (χ3n) is 2.76.